The first kappa shape index (κ1) is 19.8. The Balaban J connectivity index is 2.02. The van der Waals surface area contributed by atoms with Crippen molar-refractivity contribution in [3.05, 3.63) is 70.2 Å². The van der Waals surface area contributed by atoms with Crippen LogP contribution < -0.4 is 11.1 Å². The average Bonchev–Trinajstić information content (AvgIpc) is 2.55. The molecule has 2 aromatic rings. The van der Waals surface area contributed by atoms with E-state index < -0.39 is 29.6 Å². The molecule has 1 atom stereocenters. The van der Waals surface area contributed by atoms with Crippen molar-refractivity contribution in [3.63, 3.8) is 0 Å². The van der Waals surface area contributed by atoms with Crippen LogP contribution in [-0.4, -0.2) is 17.9 Å². The maximum Gasteiger partial charge on any atom is 0.416 e. The minimum absolute atomic E-state index is 0.119. The van der Waals surface area contributed by atoms with Crippen molar-refractivity contribution in [3.8, 4) is 0 Å². The third kappa shape index (κ3) is 5.49. The first-order valence-electron chi connectivity index (χ1n) is 7.65. The van der Waals surface area contributed by atoms with Gasteiger partial charge in [-0.1, -0.05) is 41.9 Å². The summed E-state index contributed by atoms with van der Waals surface area (Å²) in [5.41, 5.74) is 5.56. The molecule has 0 heterocycles. The Labute approximate surface area is 153 Å². The van der Waals surface area contributed by atoms with Crippen LogP contribution in [0.25, 0.3) is 0 Å². The van der Waals surface area contributed by atoms with Crippen molar-refractivity contribution >= 4 is 23.4 Å². The lowest BCUT2D eigenvalue weighted by Crippen LogP contribution is -2.46. The quantitative estimate of drug-likeness (QED) is 0.803. The van der Waals surface area contributed by atoms with Crippen LogP contribution in [0.15, 0.2) is 48.5 Å². The van der Waals surface area contributed by atoms with Gasteiger partial charge in [0.15, 0.2) is 0 Å². The molecule has 0 aliphatic rings. The maximum atomic E-state index is 12.5. The summed E-state index contributed by atoms with van der Waals surface area (Å²) in [5, 5.41) is 2.93. The van der Waals surface area contributed by atoms with E-state index in [1.807, 2.05) is 0 Å². The summed E-state index contributed by atoms with van der Waals surface area (Å²) < 4.78 is 37.6. The lowest BCUT2D eigenvalue weighted by molar-refractivity contribution is -0.137. The van der Waals surface area contributed by atoms with Crippen molar-refractivity contribution in [2.45, 2.75) is 25.1 Å². The highest BCUT2D eigenvalue weighted by Gasteiger charge is 2.30. The molecule has 0 aliphatic heterocycles. The number of amides is 2. The number of nitrogens with one attached hydrogen (secondary N) is 1. The van der Waals surface area contributed by atoms with Crippen LogP contribution in [0.5, 0.6) is 0 Å². The summed E-state index contributed by atoms with van der Waals surface area (Å²) in [4.78, 5) is 23.7. The van der Waals surface area contributed by atoms with Crippen LogP contribution in [-0.2, 0) is 28.6 Å². The molecule has 3 N–H and O–H groups in total. The van der Waals surface area contributed by atoms with Gasteiger partial charge in [0, 0.05) is 11.4 Å². The molecule has 0 saturated heterocycles. The molecule has 26 heavy (non-hydrogen) atoms. The summed E-state index contributed by atoms with van der Waals surface area (Å²) in [6.07, 6.45) is -4.50. The maximum absolute atomic E-state index is 12.5. The van der Waals surface area contributed by atoms with E-state index in [1.54, 1.807) is 24.3 Å². The Morgan fingerprint density at radius 1 is 1.08 bits per heavy atom. The lowest BCUT2D eigenvalue weighted by atomic mass is 10.0. The van der Waals surface area contributed by atoms with Crippen LogP contribution in [0.2, 0.25) is 5.02 Å². The molecular formula is C18H16ClF3N2O2. The van der Waals surface area contributed by atoms with E-state index in [1.165, 1.54) is 12.1 Å². The zero-order valence-corrected chi connectivity index (χ0v) is 14.3. The molecule has 0 radical (unpaired) electrons. The Morgan fingerprint density at radius 2 is 1.69 bits per heavy atom. The van der Waals surface area contributed by atoms with Gasteiger partial charge < -0.3 is 11.1 Å². The second-order valence-corrected chi connectivity index (χ2v) is 6.10. The summed E-state index contributed by atoms with van der Waals surface area (Å²) in [5.74, 6) is -1.26. The van der Waals surface area contributed by atoms with Gasteiger partial charge in [-0.3, -0.25) is 9.59 Å². The number of carbonyl (C=O) groups excluding carboxylic acids is 2. The fourth-order valence-corrected chi connectivity index (χ4v) is 2.56. The van der Waals surface area contributed by atoms with E-state index in [-0.39, 0.29) is 12.8 Å². The van der Waals surface area contributed by atoms with Crippen LogP contribution in [0.4, 0.5) is 13.2 Å². The predicted molar refractivity (Wildman–Crippen MR) is 91.4 cm³/mol. The van der Waals surface area contributed by atoms with Crippen molar-refractivity contribution in [2.24, 2.45) is 5.73 Å². The first-order chi connectivity index (χ1) is 12.2. The summed E-state index contributed by atoms with van der Waals surface area (Å²) >= 11 is 6.03. The molecule has 138 valence electrons. The zero-order chi connectivity index (χ0) is 19.3. The van der Waals surface area contributed by atoms with Crippen LogP contribution in [0.1, 0.15) is 16.7 Å². The van der Waals surface area contributed by atoms with E-state index in [2.05, 4.69) is 5.32 Å². The average molecular weight is 385 g/mol. The zero-order valence-electron chi connectivity index (χ0n) is 13.5. The fraction of sp³-hybridized carbons (Fsp3) is 0.222. The normalized spacial score (nSPS) is 12.5. The van der Waals surface area contributed by atoms with E-state index in [0.29, 0.717) is 16.1 Å². The minimum atomic E-state index is -4.44. The first-order valence-corrected chi connectivity index (χ1v) is 8.03. The number of alkyl halides is 3. The number of rotatable bonds is 6. The third-order valence-corrected chi connectivity index (χ3v) is 4.08. The number of benzene rings is 2. The third-order valence-electron chi connectivity index (χ3n) is 3.71. The van der Waals surface area contributed by atoms with Gasteiger partial charge in [0.2, 0.25) is 11.8 Å². The Bertz CT molecular complexity index is 792. The SMILES string of the molecule is NC(=O)[C@H](Cc1ccccc1Cl)NC(=O)Cc1ccc(C(F)(F)F)cc1. The Hall–Kier alpha value is -2.54. The van der Waals surface area contributed by atoms with Gasteiger partial charge in [0.05, 0.1) is 12.0 Å². The number of nitrogens with two attached hydrogens (primary N) is 1. The largest absolute Gasteiger partial charge is 0.416 e. The van der Waals surface area contributed by atoms with Gasteiger partial charge in [-0.2, -0.15) is 13.2 Å². The number of carbonyl (C=O) groups is 2. The smallest absolute Gasteiger partial charge is 0.368 e. The second kappa shape index (κ2) is 8.23. The van der Waals surface area contributed by atoms with Crippen molar-refractivity contribution < 1.29 is 22.8 Å². The van der Waals surface area contributed by atoms with Gasteiger partial charge >= 0.3 is 6.18 Å². The van der Waals surface area contributed by atoms with Crippen molar-refractivity contribution in [1.29, 1.82) is 0 Å². The monoisotopic (exact) mass is 384 g/mol. The van der Waals surface area contributed by atoms with E-state index in [4.69, 9.17) is 17.3 Å². The highest BCUT2D eigenvalue weighted by Crippen LogP contribution is 2.29. The highest BCUT2D eigenvalue weighted by atomic mass is 35.5. The van der Waals surface area contributed by atoms with Crippen LogP contribution in [0.3, 0.4) is 0 Å². The van der Waals surface area contributed by atoms with E-state index >= 15 is 0 Å². The second-order valence-electron chi connectivity index (χ2n) is 5.69. The number of primary amides is 1. The minimum Gasteiger partial charge on any atom is -0.368 e. The lowest BCUT2D eigenvalue weighted by Gasteiger charge is -2.16. The van der Waals surface area contributed by atoms with Crippen molar-refractivity contribution in [1.82, 2.24) is 5.32 Å². The molecule has 0 aliphatic carbocycles. The number of hydrogen-bond acceptors (Lipinski definition) is 2. The molecule has 0 bridgehead atoms. The Morgan fingerprint density at radius 3 is 2.23 bits per heavy atom. The Kier molecular flexibility index (Phi) is 6.26. The van der Waals surface area contributed by atoms with E-state index in [9.17, 15) is 22.8 Å². The molecule has 0 unspecified atom stereocenters. The topological polar surface area (TPSA) is 72.2 Å². The van der Waals surface area contributed by atoms with Gasteiger partial charge in [0.25, 0.3) is 0 Å². The standard InChI is InChI=1S/C18H16ClF3N2O2/c19-14-4-2-1-3-12(14)10-15(17(23)26)24-16(25)9-11-5-7-13(8-6-11)18(20,21)22/h1-8,15H,9-10H2,(H2,23,26)(H,24,25)/t15-/m0/s1. The van der Waals surface area contributed by atoms with Crippen LogP contribution in [0, 0.1) is 0 Å². The number of halogens is 4. The summed E-state index contributed by atoms with van der Waals surface area (Å²) in [7, 11) is 0. The molecule has 0 aromatic heterocycles. The van der Waals surface area contributed by atoms with Crippen LogP contribution >= 0.6 is 11.6 Å². The summed E-state index contributed by atoms with van der Waals surface area (Å²) in [6.45, 7) is 0. The van der Waals surface area contributed by atoms with E-state index in [0.717, 1.165) is 12.1 Å². The molecule has 0 spiro atoms. The molecule has 4 nitrogen and oxygen atoms in total. The number of hydrogen-bond donors (Lipinski definition) is 2. The molecular weight excluding hydrogens is 369 g/mol. The molecule has 2 amide bonds. The predicted octanol–water partition coefficient (Wildman–Crippen LogP) is 3.11. The van der Waals surface area contributed by atoms with Gasteiger partial charge in [-0.05, 0) is 29.3 Å². The molecule has 0 fully saturated rings. The fourth-order valence-electron chi connectivity index (χ4n) is 2.35. The summed E-state index contributed by atoms with van der Waals surface area (Å²) in [6, 6.07) is 10.1. The van der Waals surface area contributed by atoms with Gasteiger partial charge in [-0.15, -0.1) is 0 Å². The molecule has 2 rings (SSSR count). The highest BCUT2D eigenvalue weighted by molar-refractivity contribution is 6.31. The van der Waals surface area contributed by atoms with Gasteiger partial charge in [-0.25, -0.2) is 0 Å². The molecule has 8 heteroatoms. The molecule has 0 saturated carbocycles. The molecule has 2 aromatic carbocycles. The van der Waals surface area contributed by atoms with Gasteiger partial charge in [0.1, 0.15) is 6.04 Å². The van der Waals surface area contributed by atoms with Crippen molar-refractivity contribution in [2.75, 3.05) is 0 Å².